The number of halogens is 3. The second-order valence-electron chi connectivity index (χ2n) is 6.65. The molecule has 0 unspecified atom stereocenters. The molecule has 0 saturated heterocycles. The third-order valence-corrected chi connectivity index (χ3v) is 4.50. The van der Waals surface area contributed by atoms with Crippen molar-refractivity contribution in [2.45, 2.75) is 31.6 Å². The Morgan fingerprint density at radius 2 is 1.75 bits per heavy atom. The third kappa shape index (κ3) is 3.90. The largest absolute Gasteiger partial charge is 0.471 e. The van der Waals surface area contributed by atoms with E-state index in [2.05, 4.69) is 14.7 Å². The molecule has 0 aliphatic heterocycles. The lowest BCUT2D eigenvalue weighted by atomic mass is 10.1. The van der Waals surface area contributed by atoms with Crippen LogP contribution >= 0.6 is 0 Å². The molecular weight excluding hydrogens is 371 g/mol. The Balaban J connectivity index is 1.50. The summed E-state index contributed by atoms with van der Waals surface area (Å²) in [5, 5.41) is 3.38. The molecule has 1 heterocycles. The van der Waals surface area contributed by atoms with Crippen molar-refractivity contribution in [3.05, 3.63) is 71.6 Å². The summed E-state index contributed by atoms with van der Waals surface area (Å²) >= 11 is 0. The van der Waals surface area contributed by atoms with Gasteiger partial charge in [0.25, 0.3) is 5.91 Å². The van der Waals surface area contributed by atoms with Gasteiger partial charge in [0, 0.05) is 23.7 Å². The lowest BCUT2D eigenvalue weighted by Crippen LogP contribution is -2.32. The number of benzene rings is 2. The van der Waals surface area contributed by atoms with Gasteiger partial charge in [-0.3, -0.25) is 4.79 Å². The van der Waals surface area contributed by atoms with Gasteiger partial charge in [-0.15, -0.1) is 0 Å². The van der Waals surface area contributed by atoms with Gasteiger partial charge in [0.15, 0.2) is 0 Å². The maximum atomic E-state index is 12.8. The highest BCUT2D eigenvalue weighted by molar-refractivity contribution is 5.94. The minimum atomic E-state index is -4.67. The van der Waals surface area contributed by atoms with Crippen molar-refractivity contribution in [2.75, 3.05) is 0 Å². The zero-order valence-electron chi connectivity index (χ0n) is 14.7. The second kappa shape index (κ2) is 7.10. The number of carbonyl (C=O) groups is 1. The highest BCUT2D eigenvalue weighted by atomic mass is 19.4. The number of rotatable bonds is 5. The summed E-state index contributed by atoms with van der Waals surface area (Å²) in [5.74, 6) is -1.53. The van der Waals surface area contributed by atoms with Gasteiger partial charge in [0.05, 0.1) is 0 Å². The predicted molar refractivity (Wildman–Crippen MR) is 94.1 cm³/mol. The van der Waals surface area contributed by atoms with E-state index in [0.29, 0.717) is 17.7 Å². The number of amides is 1. The van der Waals surface area contributed by atoms with Crippen molar-refractivity contribution in [1.29, 1.82) is 0 Å². The van der Waals surface area contributed by atoms with Gasteiger partial charge in [-0.05, 0) is 30.5 Å². The van der Waals surface area contributed by atoms with Crippen LogP contribution in [0.3, 0.4) is 0 Å². The van der Waals surface area contributed by atoms with Crippen molar-refractivity contribution in [3.63, 3.8) is 0 Å². The molecule has 144 valence electrons. The van der Waals surface area contributed by atoms with E-state index >= 15 is 0 Å². The van der Waals surface area contributed by atoms with Crippen LogP contribution in [0.15, 0.2) is 59.1 Å². The fourth-order valence-corrected chi connectivity index (χ4v) is 2.91. The summed E-state index contributed by atoms with van der Waals surface area (Å²) in [7, 11) is 0. The van der Waals surface area contributed by atoms with Crippen LogP contribution in [0.2, 0.25) is 0 Å². The second-order valence-corrected chi connectivity index (χ2v) is 6.65. The Labute approximate surface area is 158 Å². The van der Waals surface area contributed by atoms with Gasteiger partial charge >= 0.3 is 12.1 Å². The number of carbonyl (C=O) groups excluding carboxylic acids is 1. The van der Waals surface area contributed by atoms with Crippen molar-refractivity contribution in [2.24, 2.45) is 0 Å². The molecule has 1 amide bonds. The molecule has 4 rings (SSSR count). The van der Waals surface area contributed by atoms with Crippen LogP contribution in [0.1, 0.15) is 34.7 Å². The molecular formula is C20H16F3N3O2. The molecule has 0 bridgehead atoms. The zero-order valence-corrected chi connectivity index (χ0v) is 14.7. The normalized spacial score (nSPS) is 14.1. The SMILES string of the molecule is O=C(c1ccccc1)N(Cc1ccc(-c2noc(C(F)(F)F)n2)cc1)C1CC1. The molecule has 0 atom stereocenters. The van der Waals surface area contributed by atoms with E-state index < -0.39 is 12.1 Å². The van der Waals surface area contributed by atoms with Crippen LogP contribution in [0.25, 0.3) is 11.4 Å². The first-order valence-electron chi connectivity index (χ1n) is 8.78. The smallest absolute Gasteiger partial charge is 0.331 e. The Bertz CT molecular complexity index is 964. The fraction of sp³-hybridized carbons (Fsp3) is 0.250. The van der Waals surface area contributed by atoms with Crippen LogP contribution in [0.5, 0.6) is 0 Å². The minimum absolute atomic E-state index is 0.0276. The molecule has 1 aliphatic carbocycles. The van der Waals surface area contributed by atoms with Gasteiger partial charge < -0.3 is 9.42 Å². The van der Waals surface area contributed by atoms with Gasteiger partial charge in [0.1, 0.15) is 0 Å². The molecule has 2 aromatic carbocycles. The molecule has 1 aliphatic rings. The van der Waals surface area contributed by atoms with E-state index in [1.165, 1.54) is 0 Å². The van der Waals surface area contributed by atoms with Crippen molar-refractivity contribution >= 4 is 5.91 Å². The number of aromatic nitrogens is 2. The van der Waals surface area contributed by atoms with Crippen molar-refractivity contribution in [1.82, 2.24) is 15.0 Å². The highest BCUT2D eigenvalue weighted by Crippen LogP contribution is 2.31. The molecule has 1 fully saturated rings. The number of nitrogens with zero attached hydrogens (tertiary/aromatic N) is 3. The number of alkyl halides is 3. The van der Waals surface area contributed by atoms with E-state index in [4.69, 9.17) is 0 Å². The predicted octanol–water partition coefficient (Wildman–Crippen LogP) is 4.56. The molecule has 1 aromatic heterocycles. The quantitative estimate of drug-likeness (QED) is 0.644. The van der Waals surface area contributed by atoms with Crippen LogP contribution in [-0.4, -0.2) is 27.0 Å². The lowest BCUT2D eigenvalue weighted by molar-refractivity contribution is -0.159. The lowest BCUT2D eigenvalue weighted by Gasteiger charge is -2.22. The molecule has 0 spiro atoms. The fourth-order valence-electron chi connectivity index (χ4n) is 2.91. The van der Waals surface area contributed by atoms with E-state index in [-0.39, 0.29) is 17.8 Å². The van der Waals surface area contributed by atoms with Crippen molar-refractivity contribution < 1.29 is 22.5 Å². The summed E-state index contributed by atoms with van der Waals surface area (Å²) in [4.78, 5) is 18.0. The van der Waals surface area contributed by atoms with E-state index in [9.17, 15) is 18.0 Å². The number of hydrogen-bond acceptors (Lipinski definition) is 4. The Hall–Kier alpha value is -3.16. The van der Waals surface area contributed by atoms with Gasteiger partial charge in [-0.1, -0.05) is 47.6 Å². The minimum Gasteiger partial charge on any atom is -0.331 e. The monoisotopic (exact) mass is 387 g/mol. The molecule has 28 heavy (non-hydrogen) atoms. The zero-order chi connectivity index (χ0) is 19.7. The van der Waals surface area contributed by atoms with Gasteiger partial charge in [-0.25, -0.2) is 0 Å². The molecule has 0 radical (unpaired) electrons. The van der Waals surface area contributed by atoms with Crippen LogP contribution in [0, 0.1) is 0 Å². The summed E-state index contributed by atoms with van der Waals surface area (Å²) < 4.78 is 42.0. The molecule has 3 aromatic rings. The first-order valence-corrected chi connectivity index (χ1v) is 8.78. The highest BCUT2D eigenvalue weighted by Gasteiger charge is 2.38. The Kier molecular flexibility index (Phi) is 4.62. The Morgan fingerprint density at radius 3 is 2.32 bits per heavy atom. The standard InChI is InChI=1S/C20H16F3N3O2/c21-20(22,23)19-24-17(25-28-19)14-8-6-13(7-9-14)12-26(16-10-11-16)18(27)15-4-2-1-3-5-15/h1-9,16H,10-12H2. The van der Waals surface area contributed by atoms with Gasteiger partial charge in [0.2, 0.25) is 5.82 Å². The van der Waals surface area contributed by atoms with E-state index in [1.54, 1.807) is 36.4 Å². The summed E-state index contributed by atoms with van der Waals surface area (Å²) in [6.07, 6.45) is -2.73. The maximum Gasteiger partial charge on any atom is 0.471 e. The number of hydrogen-bond donors (Lipinski definition) is 0. The molecule has 8 heteroatoms. The van der Waals surface area contributed by atoms with Crippen LogP contribution < -0.4 is 0 Å². The third-order valence-electron chi connectivity index (χ3n) is 4.50. The first-order chi connectivity index (χ1) is 13.4. The molecule has 0 N–H and O–H groups in total. The van der Waals surface area contributed by atoms with Crippen molar-refractivity contribution in [3.8, 4) is 11.4 Å². The topological polar surface area (TPSA) is 59.2 Å². The van der Waals surface area contributed by atoms with E-state index in [1.807, 2.05) is 23.1 Å². The van der Waals surface area contributed by atoms with Crippen LogP contribution in [0.4, 0.5) is 13.2 Å². The summed E-state index contributed by atoms with van der Waals surface area (Å²) in [6, 6.07) is 16.1. The first kappa shape index (κ1) is 18.2. The molecule has 1 saturated carbocycles. The summed E-state index contributed by atoms with van der Waals surface area (Å²) in [6.45, 7) is 0.429. The average molecular weight is 387 g/mol. The average Bonchev–Trinajstić information content (AvgIpc) is 3.40. The Morgan fingerprint density at radius 1 is 1.07 bits per heavy atom. The van der Waals surface area contributed by atoms with E-state index in [0.717, 1.165) is 18.4 Å². The molecule has 5 nitrogen and oxygen atoms in total. The maximum absolute atomic E-state index is 12.8. The van der Waals surface area contributed by atoms with Crippen LogP contribution in [-0.2, 0) is 12.7 Å². The van der Waals surface area contributed by atoms with Gasteiger partial charge in [-0.2, -0.15) is 18.2 Å². The summed E-state index contributed by atoms with van der Waals surface area (Å²) in [5.41, 5.74) is 1.92.